The van der Waals surface area contributed by atoms with Crippen molar-refractivity contribution in [2.45, 2.75) is 19.4 Å². The van der Waals surface area contributed by atoms with Crippen molar-refractivity contribution in [3.05, 3.63) is 0 Å². The molecule has 2 N–H and O–H groups in total. The number of nitrogens with one attached hydrogen (secondary N) is 1. The van der Waals surface area contributed by atoms with Crippen LogP contribution in [0.3, 0.4) is 0 Å². The summed E-state index contributed by atoms with van der Waals surface area (Å²) in [6, 6.07) is -0.298. The Balaban J connectivity index is 2.66. The SMILES string of the molecule is C#CCN(CC(=O)O)C(=O)C1NCCC1C. The van der Waals surface area contributed by atoms with Gasteiger partial charge >= 0.3 is 5.97 Å². The Hall–Kier alpha value is -1.54. The van der Waals surface area contributed by atoms with Crippen molar-refractivity contribution < 1.29 is 14.7 Å². The molecule has 1 heterocycles. The first-order chi connectivity index (χ1) is 7.56. The number of nitrogens with zero attached hydrogens (tertiary/aromatic N) is 1. The number of hydrogen-bond acceptors (Lipinski definition) is 3. The molecule has 0 bridgehead atoms. The van der Waals surface area contributed by atoms with Crippen LogP contribution in [0.2, 0.25) is 0 Å². The van der Waals surface area contributed by atoms with Gasteiger partial charge in [0.05, 0.1) is 12.6 Å². The van der Waals surface area contributed by atoms with Crippen LogP contribution in [-0.2, 0) is 9.59 Å². The average molecular weight is 224 g/mol. The number of carboxylic acids is 1. The number of carbonyl (C=O) groups excluding carboxylic acids is 1. The fraction of sp³-hybridized carbons (Fsp3) is 0.636. The van der Waals surface area contributed by atoms with Gasteiger partial charge in [0.25, 0.3) is 0 Å². The molecule has 5 nitrogen and oxygen atoms in total. The van der Waals surface area contributed by atoms with Crippen LogP contribution in [0, 0.1) is 18.3 Å². The van der Waals surface area contributed by atoms with Gasteiger partial charge in [-0.1, -0.05) is 12.8 Å². The zero-order chi connectivity index (χ0) is 12.1. The predicted octanol–water partition coefficient (Wildman–Crippen LogP) is -0.469. The zero-order valence-corrected chi connectivity index (χ0v) is 9.27. The monoisotopic (exact) mass is 224 g/mol. The third-order valence-electron chi connectivity index (χ3n) is 2.72. The summed E-state index contributed by atoms with van der Waals surface area (Å²) in [5, 5.41) is 11.8. The second kappa shape index (κ2) is 5.52. The fourth-order valence-electron chi connectivity index (χ4n) is 1.85. The number of aliphatic carboxylic acids is 1. The van der Waals surface area contributed by atoms with Crippen molar-refractivity contribution in [1.82, 2.24) is 10.2 Å². The Labute approximate surface area is 94.8 Å². The van der Waals surface area contributed by atoms with E-state index in [4.69, 9.17) is 11.5 Å². The van der Waals surface area contributed by atoms with Gasteiger partial charge in [-0.3, -0.25) is 9.59 Å². The van der Waals surface area contributed by atoms with Gasteiger partial charge in [0, 0.05) is 0 Å². The highest BCUT2D eigenvalue weighted by Crippen LogP contribution is 2.16. The van der Waals surface area contributed by atoms with Crippen LogP contribution in [0.25, 0.3) is 0 Å². The van der Waals surface area contributed by atoms with Gasteiger partial charge in [-0.2, -0.15) is 0 Å². The second-order valence-corrected chi connectivity index (χ2v) is 3.99. The first-order valence-electron chi connectivity index (χ1n) is 5.23. The van der Waals surface area contributed by atoms with Gasteiger partial charge in [0.2, 0.25) is 5.91 Å². The zero-order valence-electron chi connectivity index (χ0n) is 9.27. The highest BCUT2D eigenvalue weighted by molar-refractivity contribution is 5.86. The molecule has 0 aromatic rings. The Kier molecular flexibility index (Phi) is 4.32. The summed E-state index contributed by atoms with van der Waals surface area (Å²) in [4.78, 5) is 23.8. The predicted molar refractivity (Wildman–Crippen MR) is 58.6 cm³/mol. The molecule has 1 fully saturated rings. The lowest BCUT2D eigenvalue weighted by molar-refractivity contribution is -0.145. The molecule has 2 atom stereocenters. The van der Waals surface area contributed by atoms with Crippen molar-refractivity contribution >= 4 is 11.9 Å². The minimum Gasteiger partial charge on any atom is -0.480 e. The van der Waals surface area contributed by atoms with E-state index in [1.165, 1.54) is 4.90 Å². The van der Waals surface area contributed by atoms with Gasteiger partial charge in [0.15, 0.2) is 0 Å². The van der Waals surface area contributed by atoms with Crippen LogP contribution >= 0.6 is 0 Å². The maximum atomic E-state index is 12.0. The quantitative estimate of drug-likeness (QED) is 0.633. The summed E-state index contributed by atoms with van der Waals surface area (Å²) in [5.41, 5.74) is 0. The van der Waals surface area contributed by atoms with Gasteiger partial charge in [0.1, 0.15) is 6.54 Å². The van der Waals surface area contributed by atoms with E-state index >= 15 is 0 Å². The molecule has 5 heteroatoms. The number of hydrogen-bond donors (Lipinski definition) is 2. The lowest BCUT2D eigenvalue weighted by Gasteiger charge is -2.24. The Bertz CT molecular complexity index is 322. The molecule has 16 heavy (non-hydrogen) atoms. The summed E-state index contributed by atoms with van der Waals surface area (Å²) in [5.74, 6) is 1.27. The van der Waals surface area contributed by atoms with Crippen LogP contribution in [0.1, 0.15) is 13.3 Å². The number of amides is 1. The number of carbonyl (C=O) groups is 2. The summed E-state index contributed by atoms with van der Waals surface area (Å²) >= 11 is 0. The van der Waals surface area contributed by atoms with E-state index in [0.29, 0.717) is 0 Å². The van der Waals surface area contributed by atoms with Crippen LogP contribution in [-0.4, -0.2) is 47.6 Å². The van der Waals surface area contributed by atoms with Crippen LogP contribution in [0.5, 0.6) is 0 Å². The maximum absolute atomic E-state index is 12.0. The van der Waals surface area contributed by atoms with E-state index in [2.05, 4.69) is 11.2 Å². The molecule has 0 aromatic heterocycles. The van der Waals surface area contributed by atoms with Gasteiger partial charge in [-0.05, 0) is 18.9 Å². The highest BCUT2D eigenvalue weighted by atomic mass is 16.4. The second-order valence-electron chi connectivity index (χ2n) is 3.99. The van der Waals surface area contributed by atoms with Crippen molar-refractivity contribution in [2.24, 2.45) is 5.92 Å². The molecule has 88 valence electrons. The van der Waals surface area contributed by atoms with E-state index in [1.807, 2.05) is 6.92 Å². The molecule has 0 aliphatic carbocycles. The Morgan fingerprint density at radius 1 is 1.62 bits per heavy atom. The van der Waals surface area contributed by atoms with Gasteiger partial charge in [-0.25, -0.2) is 0 Å². The summed E-state index contributed by atoms with van der Waals surface area (Å²) < 4.78 is 0. The molecule has 0 spiro atoms. The average Bonchev–Trinajstić information content (AvgIpc) is 2.62. The third-order valence-corrected chi connectivity index (χ3v) is 2.72. The van der Waals surface area contributed by atoms with E-state index in [-0.39, 0.29) is 31.0 Å². The van der Waals surface area contributed by atoms with Crippen molar-refractivity contribution in [3.8, 4) is 12.3 Å². The smallest absolute Gasteiger partial charge is 0.323 e. The Morgan fingerprint density at radius 2 is 2.31 bits per heavy atom. The van der Waals surface area contributed by atoms with Crippen LogP contribution in [0.15, 0.2) is 0 Å². The van der Waals surface area contributed by atoms with Crippen molar-refractivity contribution in [1.29, 1.82) is 0 Å². The molecule has 1 amide bonds. The van der Waals surface area contributed by atoms with E-state index in [0.717, 1.165) is 13.0 Å². The lowest BCUT2D eigenvalue weighted by atomic mass is 10.0. The summed E-state index contributed by atoms with van der Waals surface area (Å²) in [7, 11) is 0. The lowest BCUT2D eigenvalue weighted by Crippen LogP contribution is -2.47. The molecule has 1 saturated heterocycles. The third kappa shape index (κ3) is 2.97. The molecule has 0 saturated carbocycles. The first-order valence-corrected chi connectivity index (χ1v) is 5.23. The van der Waals surface area contributed by atoms with E-state index in [1.54, 1.807) is 0 Å². The minimum atomic E-state index is -1.05. The van der Waals surface area contributed by atoms with Crippen LogP contribution < -0.4 is 5.32 Å². The molecular weight excluding hydrogens is 208 g/mol. The molecule has 1 aliphatic rings. The molecule has 0 aromatic carbocycles. The molecule has 1 aliphatic heterocycles. The number of carboxylic acid groups (broad SMARTS) is 1. The first kappa shape index (κ1) is 12.5. The Morgan fingerprint density at radius 3 is 2.75 bits per heavy atom. The molecule has 1 rings (SSSR count). The van der Waals surface area contributed by atoms with Crippen molar-refractivity contribution in [2.75, 3.05) is 19.6 Å². The normalized spacial score (nSPS) is 23.8. The summed E-state index contributed by atoms with van der Waals surface area (Å²) in [6.45, 7) is 2.45. The standard InChI is InChI=1S/C11H16N2O3/c1-3-6-13(7-9(14)15)11(16)10-8(2)4-5-12-10/h1,8,10,12H,4-7H2,2H3,(H,14,15). The molecular formula is C11H16N2O3. The highest BCUT2D eigenvalue weighted by Gasteiger charge is 2.32. The molecule has 2 unspecified atom stereocenters. The van der Waals surface area contributed by atoms with Gasteiger partial charge < -0.3 is 15.3 Å². The van der Waals surface area contributed by atoms with Gasteiger partial charge in [-0.15, -0.1) is 6.42 Å². The van der Waals surface area contributed by atoms with E-state index < -0.39 is 5.97 Å². The topological polar surface area (TPSA) is 69.6 Å². The van der Waals surface area contributed by atoms with E-state index in [9.17, 15) is 9.59 Å². The largest absolute Gasteiger partial charge is 0.480 e. The number of terminal acetylenes is 1. The fourth-order valence-corrected chi connectivity index (χ4v) is 1.85. The summed E-state index contributed by atoms with van der Waals surface area (Å²) in [6.07, 6.45) is 6.04. The van der Waals surface area contributed by atoms with Crippen molar-refractivity contribution in [3.63, 3.8) is 0 Å². The minimum absolute atomic E-state index is 0.0377. The van der Waals surface area contributed by atoms with Crippen LogP contribution in [0.4, 0.5) is 0 Å². The number of rotatable bonds is 4. The maximum Gasteiger partial charge on any atom is 0.323 e. The molecule has 0 radical (unpaired) electrons.